The molecule has 1 aromatic heterocycles. The summed E-state index contributed by atoms with van der Waals surface area (Å²) in [4.78, 5) is 2.25. The zero-order valence-corrected chi connectivity index (χ0v) is 12.7. The van der Waals surface area contributed by atoms with E-state index in [2.05, 4.69) is 64.8 Å². The summed E-state index contributed by atoms with van der Waals surface area (Å²) in [5, 5.41) is 9.40. The molecule has 1 aliphatic heterocycles. The van der Waals surface area contributed by atoms with Gasteiger partial charge in [0.15, 0.2) is 6.04 Å². The zero-order valence-electron chi connectivity index (χ0n) is 12.7. The Bertz CT molecular complexity index is 666. The van der Waals surface area contributed by atoms with E-state index in [1.807, 2.05) is 6.07 Å². The molecule has 0 amide bonds. The topological polar surface area (TPSA) is 35.8 Å². The van der Waals surface area contributed by atoms with Gasteiger partial charge in [-0.2, -0.15) is 9.94 Å². The van der Waals surface area contributed by atoms with Gasteiger partial charge in [-0.25, -0.2) is 9.58 Å². The van der Waals surface area contributed by atoms with E-state index in [9.17, 15) is 5.26 Å². The Balaban J connectivity index is 2.03. The van der Waals surface area contributed by atoms with E-state index >= 15 is 0 Å². The minimum absolute atomic E-state index is 0.00373. The lowest BCUT2D eigenvalue weighted by Crippen LogP contribution is -2.48. The van der Waals surface area contributed by atoms with Crippen LogP contribution < -0.4 is 9.58 Å². The summed E-state index contributed by atoms with van der Waals surface area (Å²) in [5.74, 6) is 1.13. The maximum absolute atomic E-state index is 9.40. The van der Waals surface area contributed by atoms with Crippen LogP contribution in [-0.2, 0) is 14.1 Å². The lowest BCUT2D eigenvalue weighted by molar-refractivity contribution is -0.739. The molecule has 4 nitrogen and oxygen atoms in total. The maximum Gasteiger partial charge on any atom is 0.298 e. The first-order chi connectivity index (χ1) is 10.2. The second-order valence-electron chi connectivity index (χ2n) is 5.64. The van der Waals surface area contributed by atoms with Crippen molar-refractivity contribution in [3.05, 3.63) is 36.4 Å². The average molecular weight is 281 g/mol. The van der Waals surface area contributed by atoms with Crippen molar-refractivity contribution in [2.45, 2.75) is 25.3 Å². The summed E-state index contributed by atoms with van der Waals surface area (Å²) < 4.78 is 4.28. The summed E-state index contributed by atoms with van der Waals surface area (Å²) in [6.07, 6.45) is 3.27. The predicted octanol–water partition coefficient (Wildman–Crippen LogP) is 2.40. The molecule has 4 heteroatoms. The van der Waals surface area contributed by atoms with Gasteiger partial charge in [0.25, 0.3) is 5.82 Å². The van der Waals surface area contributed by atoms with Gasteiger partial charge in [-0.3, -0.25) is 0 Å². The number of hydrogen-bond donors (Lipinski definition) is 0. The Morgan fingerprint density at radius 3 is 2.71 bits per heavy atom. The summed E-state index contributed by atoms with van der Waals surface area (Å²) in [5.41, 5.74) is 2.38. The van der Waals surface area contributed by atoms with Crippen LogP contribution in [-0.4, -0.2) is 17.3 Å². The van der Waals surface area contributed by atoms with Gasteiger partial charge in [0.05, 0.1) is 18.3 Å². The van der Waals surface area contributed by atoms with Gasteiger partial charge in [-0.1, -0.05) is 30.3 Å². The minimum atomic E-state index is -0.00373. The smallest absolute Gasteiger partial charge is 0.244 e. The van der Waals surface area contributed by atoms with Crippen LogP contribution in [0.1, 0.15) is 19.3 Å². The predicted molar refractivity (Wildman–Crippen MR) is 82.6 cm³/mol. The number of nitriles is 1. The Morgan fingerprint density at radius 1 is 1.24 bits per heavy atom. The molecule has 21 heavy (non-hydrogen) atoms. The Morgan fingerprint density at radius 2 is 2.00 bits per heavy atom. The Kier molecular flexibility index (Phi) is 3.66. The first-order valence-electron chi connectivity index (χ1n) is 7.50. The molecule has 0 saturated carbocycles. The molecule has 0 N–H and O–H groups in total. The summed E-state index contributed by atoms with van der Waals surface area (Å²) in [6.45, 7) is 0.963. The van der Waals surface area contributed by atoms with Crippen LogP contribution in [0, 0.1) is 11.3 Å². The fraction of sp³-hybridized carbons (Fsp3) is 0.412. The van der Waals surface area contributed by atoms with Crippen molar-refractivity contribution in [1.29, 1.82) is 5.26 Å². The molecule has 0 radical (unpaired) electrons. The van der Waals surface area contributed by atoms with Gasteiger partial charge in [0.2, 0.25) is 0 Å². The molecule has 1 saturated heterocycles. The largest absolute Gasteiger partial charge is 0.298 e. The van der Waals surface area contributed by atoms with E-state index in [0.717, 1.165) is 31.6 Å². The van der Waals surface area contributed by atoms with Gasteiger partial charge in [-0.15, -0.1) is 0 Å². The standard InChI is InChI=1S/C17H21N4/c1-19-16(14-8-4-3-5-9-14)12-17(20(19)2)21-11-7-6-10-15(21)13-18/h3-5,8-9,12,15H,6-7,10-11H2,1-2H3/q+1. The van der Waals surface area contributed by atoms with Crippen molar-refractivity contribution in [2.24, 2.45) is 14.1 Å². The van der Waals surface area contributed by atoms with Gasteiger partial charge >= 0.3 is 0 Å². The van der Waals surface area contributed by atoms with Crippen LogP contribution in [0.3, 0.4) is 0 Å². The molecule has 1 atom stereocenters. The number of benzene rings is 1. The van der Waals surface area contributed by atoms with Crippen LogP contribution in [0.15, 0.2) is 36.4 Å². The second-order valence-corrected chi connectivity index (χ2v) is 5.64. The highest BCUT2D eigenvalue weighted by Gasteiger charge is 2.32. The number of aromatic nitrogens is 2. The third kappa shape index (κ3) is 2.40. The molecule has 0 spiro atoms. The average Bonchev–Trinajstić information content (AvgIpc) is 2.84. The maximum atomic E-state index is 9.40. The van der Waals surface area contributed by atoms with Crippen molar-refractivity contribution >= 4 is 5.82 Å². The SMILES string of the molecule is Cn1c(-c2ccccc2)cc(N2CCCCC2C#N)[n+]1C. The molecule has 0 aliphatic carbocycles. The molecular formula is C17H21N4+. The van der Waals surface area contributed by atoms with E-state index in [-0.39, 0.29) is 6.04 Å². The number of rotatable bonds is 2. The van der Waals surface area contributed by atoms with Crippen LogP contribution in [0.25, 0.3) is 11.3 Å². The van der Waals surface area contributed by atoms with Crippen molar-refractivity contribution in [3.8, 4) is 17.3 Å². The van der Waals surface area contributed by atoms with Gasteiger partial charge in [0.1, 0.15) is 13.1 Å². The number of anilines is 1. The fourth-order valence-electron chi connectivity index (χ4n) is 3.11. The van der Waals surface area contributed by atoms with E-state index in [1.54, 1.807) is 0 Å². The molecule has 2 aromatic rings. The van der Waals surface area contributed by atoms with Crippen molar-refractivity contribution in [3.63, 3.8) is 0 Å². The quantitative estimate of drug-likeness (QED) is 0.792. The lowest BCUT2D eigenvalue weighted by Gasteiger charge is -2.25. The summed E-state index contributed by atoms with van der Waals surface area (Å²) in [7, 11) is 4.13. The highest BCUT2D eigenvalue weighted by molar-refractivity contribution is 5.62. The van der Waals surface area contributed by atoms with Crippen molar-refractivity contribution < 1.29 is 4.68 Å². The second kappa shape index (κ2) is 5.61. The lowest BCUT2D eigenvalue weighted by atomic mass is 10.0. The Labute approximate surface area is 125 Å². The summed E-state index contributed by atoms with van der Waals surface area (Å²) >= 11 is 0. The molecular weight excluding hydrogens is 260 g/mol. The van der Waals surface area contributed by atoms with Gasteiger partial charge in [0, 0.05) is 19.0 Å². The fourth-order valence-corrected chi connectivity index (χ4v) is 3.11. The third-order valence-electron chi connectivity index (χ3n) is 4.41. The van der Waals surface area contributed by atoms with Gasteiger partial charge < -0.3 is 0 Å². The highest BCUT2D eigenvalue weighted by atomic mass is 15.4. The zero-order chi connectivity index (χ0) is 14.8. The van der Waals surface area contributed by atoms with E-state index < -0.39 is 0 Å². The van der Waals surface area contributed by atoms with Gasteiger partial charge in [-0.05, 0) is 12.8 Å². The van der Waals surface area contributed by atoms with Crippen LogP contribution in [0.4, 0.5) is 5.82 Å². The first-order valence-corrected chi connectivity index (χ1v) is 7.50. The van der Waals surface area contributed by atoms with E-state index in [0.29, 0.717) is 0 Å². The molecule has 1 fully saturated rings. The molecule has 108 valence electrons. The molecule has 1 aromatic carbocycles. The normalized spacial score (nSPS) is 18.5. The Hall–Kier alpha value is -2.28. The van der Waals surface area contributed by atoms with E-state index in [4.69, 9.17) is 0 Å². The number of piperidine rings is 1. The first kappa shape index (κ1) is 13.7. The van der Waals surface area contributed by atoms with Crippen molar-refractivity contribution in [2.75, 3.05) is 11.4 Å². The van der Waals surface area contributed by atoms with E-state index in [1.165, 1.54) is 11.3 Å². The number of hydrogen-bond acceptors (Lipinski definition) is 2. The monoisotopic (exact) mass is 281 g/mol. The molecule has 1 unspecified atom stereocenters. The summed E-state index contributed by atoms with van der Waals surface area (Å²) in [6, 6.07) is 15.0. The molecule has 2 heterocycles. The molecule has 0 bridgehead atoms. The van der Waals surface area contributed by atoms with Crippen LogP contribution >= 0.6 is 0 Å². The molecule has 1 aliphatic rings. The third-order valence-corrected chi connectivity index (χ3v) is 4.41. The molecule has 3 rings (SSSR count). The van der Waals surface area contributed by atoms with Crippen LogP contribution in [0.2, 0.25) is 0 Å². The highest BCUT2D eigenvalue weighted by Crippen LogP contribution is 2.26. The van der Waals surface area contributed by atoms with Crippen molar-refractivity contribution in [1.82, 2.24) is 4.68 Å². The number of nitrogens with zero attached hydrogens (tertiary/aromatic N) is 4. The minimum Gasteiger partial charge on any atom is -0.244 e. The van der Waals surface area contributed by atoms with Crippen LogP contribution in [0.5, 0.6) is 0 Å².